The number of hydrogen-bond donors (Lipinski definition) is 3. The summed E-state index contributed by atoms with van der Waals surface area (Å²) in [6.07, 6.45) is 6.39. The highest BCUT2D eigenvalue weighted by atomic mass is 32.3. The van der Waals surface area contributed by atoms with Crippen LogP contribution in [0, 0.1) is 12.8 Å². The standard InChI is InChI=1S/C30H46N2O3S/c1-20-26(28(33)31-25-18-36(34,35)19-25)16-27(32(20)17-21-11-9-8-10-12-21)22-13-23(29(2,3)4)15-24(14-22)30(5,6)7/h13-16,21,25,34-35H,8-12,17-19H2,1-7H3,(H,31,33). The molecule has 0 bridgehead atoms. The molecule has 2 aliphatic rings. The molecule has 4 rings (SSSR count). The van der Waals surface area contributed by atoms with E-state index in [-0.39, 0.29) is 34.3 Å². The molecule has 1 aliphatic carbocycles. The summed E-state index contributed by atoms with van der Waals surface area (Å²) in [7, 11) is -2.49. The van der Waals surface area contributed by atoms with E-state index in [1.165, 1.54) is 48.8 Å². The molecule has 1 aromatic heterocycles. The van der Waals surface area contributed by atoms with Crippen LogP contribution in [0.3, 0.4) is 0 Å². The number of benzene rings is 1. The summed E-state index contributed by atoms with van der Waals surface area (Å²) in [5, 5.41) is 3.04. The Hall–Kier alpha value is -1.76. The zero-order chi connectivity index (χ0) is 26.5. The summed E-state index contributed by atoms with van der Waals surface area (Å²) in [4.78, 5) is 13.3. The predicted molar refractivity (Wildman–Crippen MR) is 152 cm³/mol. The van der Waals surface area contributed by atoms with Crippen molar-refractivity contribution in [1.29, 1.82) is 0 Å². The normalized spacial score (nSPS) is 20.1. The Morgan fingerprint density at radius 2 is 1.50 bits per heavy atom. The largest absolute Gasteiger partial charge is 0.346 e. The van der Waals surface area contributed by atoms with Gasteiger partial charge in [-0.1, -0.05) is 66.9 Å². The first-order chi connectivity index (χ1) is 16.6. The Bertz CT molecular complexity index is 1070. The lowest BCUT2D eigenvalue weighted by Crippen LogP contribution is -2.50. The Balaban J connectivity index is 1.78. The van der Waals surface area contributed by atoms with Crippen LogP contribution in [-0.2, 0) is 17.4 Å². The summed E-state index contributed by atoms with van der Waals surface area (Å²) in [6, 6.07) is 8.86. The van der Waals surface area contributed by atoms with Crippen LogP contribution in [0.1, 0.15) is 101 Å². The molecule has 2 fully saturated rings. The van der Waals surface area contributed by atoms with Gasteiger partial charge in [0.1, 0.15) is 0 Å². The molecule has 5 nitrogen and oxygen atoms in total. The van der Waals surface area contributed by atoms with E-state index in [2.05, 4.69) is 82.6 Å². The first-order valence-corrected chi connectivity index (χ1v) is 15.4. The molecule has 0 unspecified atom stereocenters. The van der Waals surface area contributed by atoms with Crippen molar-refractivity contribution < 1.29 is 13.9 Å². The number of carbonyl (C=O) groups excluding carboxylic acids is 1. The van der Waals surface area contributed by atoms with Gasteiger partial charge in [0, 0.05) is 17.9 Å². The highest BCUT2D eigenvalue weighted by molar-refractivity contribution is 8.25. The fourth-order valence-electron chi connectivity index (χ4n) is 5.56. The van der Waals surface area contributed by atoms with Crippen LogP contribution in [0.2, 0.25) is 0 Å². The van der Waals surface area contributed by atoms with E-state index in [4.69, 9.17) is 0 Å². The fraction of sp³-hybridized carbons (Fsp3) is 0.633. The van der Waals surface area contributed by atoms with Crippen LogP contribution in [-0.4, -0.2) is 37.1 Å². The maximum atomic E-state index is 13.3. The van der Waals surface area contributed by atoms with E-state index in [0.717, 1.165) is 17.9 Å². The smallest absolute Gasteiger partial charge is 0.253 e. The quantitative estimate of drug-likeness (QED) is 0.387. The van der Waals surface area contributed by atoms with Gasteiger partial charge < -0.3 is 9.88 Å². The summed E-state index contributed by atoms with van der Waals surface area (Å²) in [6.45, 7) is 16.5. The minimum absolute atomic E-state index is 0.0136. The summed E-state index contributed by atoms with van der Waals surface area (Å²) in [5.74, 6) is 1.04. The number of carbonyl (C=O) groups is 1. The number of nitrogens with zero attached hydrogens (tertiary/aromatic N) is 1. The molecule has 36 heavy (non-hydrogen) atoms. The van der Waals surface area contributed by atoms with Crippen molar-refractivity contribution in [2.24, 2.45) is 5.92 Å². The van der Waals surface area contributed by atoms with Crippen molar-refractivity contribution in [3.05, 3.63) is 46.6 Å². The van der Waals surface area contributed by atoms with Crippen LogP contribution >= 0.6 is 10.6 Å². The molecule has 0 radical (unpaired) electrons. The van der Waals surface area contributed by atoms with Crippen molar-refractivity contribution in [3.63, 3.8) is 0 Å². The molecule has 6 heteroatoms. The maximum absolute atomic E-state index is 13.3. The molecule has 1 saturated carbocycles. The lowest BCUT2D eigenvalue weighted by Gasteiger charge is -2.47. The van der Waals surface area contributed by atoms with E-state index >= 15 is 0 Å². The molecule has 2 heterocycles. The van der Waals surface area contributed by atoms with Crippen LogP contribution in [0.25, 0.3) is 11.3 Å². The van der Waals surface area contributed by atoms with Gasteiger partial charge in [-0.05, 0) is 71.4 Å². The molecular formula is C30H46N2O3S. The summed E-state index contributed by atoms with van der Waals surface area (Å²) >= 11 is 0. The van der Waals surface area contributed by atoms with Crippen LogP contribution in [0.15, 0.2) is 24.3 Å². The number of amides is 1. The van der Waals surface area contributed by atoms with Crippen LogP contribution < -0.4 is 5.32 Å². The summed E-state index contributed by atoms with van der Waals surface area (Å²) < 4.78 is 21.9. The number of nitrogens with one attached hydrogen (secondary N) is 1. The molecule has 2 aromatic rings. The van der Waals surface area contributed by atoms with Crippen molar-refractivity contribution in [1.82, 2.24) is 9.88 Å². The van der Waals surface area contributed by atoms with Crippen molar-refractivity contribution >= 4 is 16.5 Å². The Kier molecular flexibility index (Phi) is 7.46. The van der Waals surface area contributed by atoms with E-state index in [1.807, 2.05) is 0 Å². The van der Waals surface area contributed by atoms with E-state index in [9.17, 15) is 13.9 Å². The minimum atomic E-state index is -2.49. The van der Waals surface area contributed by atoms with Crippen molar-refractivity contribution in [2.75, 3.05) is 11.5 Å². The highest BCUT2D eigenvalue weighted by Gasteiger charge is 2.35. The van der Waals surface area contributed by atoms with Gasteiger partial charge >= 0.3 is 0 Å². The molecule has 1 aliphatic heterocycles. The molecule has 1 aromatic carbocycles. The number of rotatable bonds is 5. The zero-order valence-corrected chi connectivity index (χ0v) is 24.1. The first-order valence-electron chi connectivity index (χ1n) is 13.5. The minimum Gasteiger partial charge on any atom is -0.346 e. The summed E-state index contributed by atoms with van der Waals surface area (Å²) in [5.41, 5.74) is 6.61. The molecule has 0 spiro atoms. The third-order valence-electron chi connectivity index (χ3n) is 8.01. The first kappa shape index (κ1) is 27.3. The Morgan fingerprint density at radius 1 is 0.944 bits per heavy atom. The second-order valence-corrected chi connectivity index (χ2v) is 15.5. The molecular weight excluding hydrogens is 468 g/mol. The lowest BCUT2D eigenvalue weighted by molar-refractivity contribution is 0.0940. The van der Waals surface area contributed by atoms with Gasteiger partial charge in [0.2, 0.25) is 0 Å². The molecule has 3 N–H and O–H groups in total. The topological polar surface area (TPSA) is 74.5 Å². The number of aromatic nitrogens is 1. The molecule has 1 saturated heterocycles. The van der Waals surface area contributed by atoms with Gasteiger partial charge in [0.05, 0.1) is 23.1 Å². The SMILES string of the molecule is Cc1c(C(=O)NC2CS(O)(O)C2)cc(-c2cc(C(C)(C)C)cc(C(C)(C)C)c2)n1CC1CCCCC1. The average Bonchev–Trinajstić information content (AvgIpc) is 3.08. The Labute approximate surface area is 219 Å². The van der Waals surface area contributed by atoms with Crippen LogP contribution in [0.5, 0.6) is 0 Å². The molecule has 0 atom stereocenters. The average molecular weight is 515 g/mol. The predicted octanol–water partition coefficient (Wildman–Crippen LogP) is 7.50. The zero-order valence-electron chi connectivity index (χ0n) is 23.3. The van der Waals surface area contributed by atoms with Gasteiger partial charge in [-0.3, -0.25) is 13.9 Å². The Morgan fingerprint density at radius 3 is 2.00 bits per heavy atom. The highest BCUT2D eigenvalue weighted by Crippen LogP contribution is 2.48. The monoisotopic (exact) mass is 514 g/mol. The van der Waals surface area contributed by atoms with Gasteiger partial charge in [0.25, 0.3) is 5.91 Å². The van der Waals surface area contributed by atoms with Gasteiger partial charge in [0.15, 0.2) is 0 Å². The van der Waals surface area contributed by atoms with Gasteiger partial charge in [-0.2, -0.15) is 10.6 Å². The maximum Gasteiger partial charge on any atom is 0.253 e. The van der Waals surface area contributed by atoms with Gasteiger partial charge in [-0.25, -0.2) is 0 Å². The molecule has 200 valence electrons. The van der Waals surface area contributed by atoms with Crippen molar-refractivity contribution in [3.8, 4) is 11.3 Å². The fourth-order valence-corrected chi connectivity index (χ4v) is 6.92. The van der Waals surface area contributed by atoms with Crippen LogP contribution in [0.4, 0.5) is 0 Å². The molecule has 1 amide bonds. The lowest BCUT2D eigenvalue weighted by atomic mass is 9.79. The third kappa shape index (κ3) is 6.03. The van der Waals surface area contributed by atoms with E-state index in [0.29, 0.717) is 11.5 Å². The van der Waals surface area contributed by atoms with E-state index < -0.39 is 10.6 Å². The van der Waals surface area contributed by atoms with E-state index in [1.54, 1.807) is 0 Å². The third-order valence-corrected chi connectivity index (χ3v) is 9.88. The number of hydrogen-bond acceptors (Lipinski definition) is 3. The second kappa shape index (κ2) is 9.85. The van der Waals surface area contributed by atoms with Crippen molar-refractivity contribution in [2.45, 2.75) is 104 Å². The second-order valence-electron chi connectivity index (χ2n) is 13.2. The van der Waals surface area contributed by atoms with Gasteiger partial charge in [-0.15, -0.1) is 0 Å².